The number of rotatable bonds is 4. The lowest BCUT2D eigenvalue weighted by Gasteiger charge is -2.04. The van der Waals surface area contributed by atoms with Crippen molar-refractivity contribution >= 4 is 27.3 Å². The van der Waals surface area contributed by atoms with E-state index in [1.807, 2.05) is 30.3 Å². The summed E-state index contributed by atoms with van der Waals surface area (Å²) in [5.74, 6) is 1.07. The summed E-state index contributed by atoms with van der Waals surface area (Å²) < 4.78 is 10.4. The monoisotopic (exact) mass is 342 g/mol. The number of nitrogens with zero attached hydrogens (tertiary/aromatic N) is 4. The molecule has 3 aromatic heterocycles. The molecule has 4 rings (SSSR count). The Balaban J connectivity index is 1.72. The molecule has 0 saturated heterocycles. The molecule has 0 saturated carbocycles. The van der Waals surface area contributed by atoms with E-state index in [4.69, 9.17) is 4.74 Å². The highest BCUT2D eigenvalue weighted by molar-refractivity contribution is 7.17. The van der Waals surface area contributed by atoms with Crippen LogP contribution in [0.2, 0.25) is 0 Å². The standard InChI is InChI=1S/C16H14N4O3S/c1-18-14(21)13-12(7-10-24-13)20-15(18)17-19(16(20)22)8-9-23-11-5-3-2-4-6-11/h2-7,10H,8-9H2,1H3. The van der Waals surface area contributed by atoms with Crippen molar-refractivity contribution in [3.63, 3.8) is 0 Å². The zero-order valence-corrected chi connectivity index (χ0v) is 13.7. The van der Waals surface area contributed by atoms with E-state index in [1.54, 1.807) is 18.5 Å². The van der Waals surface area contributed by atoms with Crippen LogP contribution in [0.3, 0.4) is 0 Å². The molecule has 122 valence electrons. The molecule has 0 aliphatic heterocycles. The van der Waals surface area contributed by atoms with Crippen LogP contribution in [0, 0.1) is 0 Å². The quantitative estimate of drug-likeness (QED) is 0.563. The third kappa shape index (κ3) is 2.23. The van der Waals surface area contributed by atoms with E-state index < -0.39 is 0 Å². The minimum absolute atomic E-state index is 0.148. The van der Waals surface area contributed by atoms with Gasteiger partial charge in [0.1, 0.15) is 17.1 Å². The average molecular weight is 342 g/mol. The lowest BCUT2D eigenvalue weighted by atomic mass is 10.3. The largest absolute Gasteiger partial charge is 0.492 e. The SMILES string of the molecule is Cn1c(=O)c2sccc2n2c(=O)n(CCOc3ccccc3)nc12. The van der Waals surface area contributed by atoms with Crippen molar-refractivity contribution in [2.75, 3.05) is 6.61 Å². The molecule has 24 heavy (non-hydrogen) atoms. The zero-order valence-electron chi connectivity index (χ0n) is 12.9. The molecule has 0 atom stereocenters. The molecule has 0 fully saturated rings. The lowest BCUT2D eigenvalue weighted by Crippen LogP contribution is -2.25. The van der Waals surface area contributed by atoms with E-state index in [-0.39, 0.29) is 11.2 Å². The maximum absolute atomic E-state index is 12.6. The summed E-state index contributed by atoms with van der Waals surface area (Å²) >= 11 is 1.32. The summed E-state index contributed by atoms with van der Waals surface area (Å²) in [5.41, 5.74) is 0.171. The molecule has 8 heteroatoms. The van der Waals surface area contributed by atoms with E-state index in [0.717, 1.165) is 5.75 Å². The molecule has 1 aromatic carbocycles. The van der Waals surface area contributed by atoms with Crippen molar-refractivity contribution in [2.45, 2.75) is 6.54 Å². The first-order valence-corrected chi connectivity index (χ1v) is 8.28. The Morgan fingerprint density at radius 2 is 1.96 bits per heavy atom. The highest BCUT2D eigenvalue weighted by atomic mass is 32.1. The van der Waals surface area contributed by atoms with Gasteiger partial charge in [-0.25, -0.2) is 13.9 Å². The number of hydrogen-bond donors (Lipinski definition) is 0. The van der Waals surface area contributed by atoms with Gasteiger partial charge >= 0.3 is 5.69 Å². The van der Waals surface area contributed by atoms with Gasteiger partial charge in [-0.2, -0.15) is 0 Å². The average Bonchev–Trinajstić information content (AvgIpc) is 3.19. The molecule has 0 bridgehead atoms. The van der Waals surface area contributed by atoms with Gasteiger partial charge in [0, 0.05) is 7.05 Å². The van der Waals surface area contributed by atoms with Crippen LogP contribution in [0.4, 0.5) is 0 Å². The van der Waals surface area contributed by atoms with Crippen LogP contribution >= 0.6 is 11.3 Å². The topological polar surface area (TPSA) is 70.5 Å². The molecule has 3 heterocycles. The number of para-hydroxylation sites is 1. The first kappa shape index (κ1) is 14.7. The van der Waals surface area contributed by atoms with Crippen LogP contribution in [0.5, 0.6) is 5.75 Å². The van der Waals surface area contributed by atoms with Gasteiger partial charge in [-0.15, -0.1) is 16.4 Å². The van der Waals surface area contributed by atoms with Crippen molar-refractivity contribution in [2.24, 2.45) is 7.05 Å². The Morgan fingerprint density at radius 1 is 1.17 bits per heavy atom. The fourth-order valence-electron chi connectivity index (χ4n) is 2.62. The molecule has 0 N–H and O–H groups in total. The number of hydrogen-bond acceptors (Lipinski definition) is 5. The van der Waals surface area contributed by atoms with E-state index >= 15 is 0 Å². The van der Waals surface area contributed by atoms with Gasteiger partial charge in [0.15, 0.2) is 0 Å². The predicted molar refractivity (Wildman–Crippen MR) is 92.0 cm³/mol. The summed E-state index contributed by atoms with van der Waals surface area (Å²) in [4.78, 5) is 25.0. The highest BCUT2D eigenvalue weighted by Gasteiger charge is 2.16. The maximum atomic E-state index is 12.6. The number of aromatic nitrogens is 4. The fraction of sp³-hybridized carbons (Fsp3) is 0.188. The molecule has 0 aliphatic rings. The summed E-state index contributed by atoms with van der Waals surface area (Å²) in [7, 11) is 1.62. The van der Waals surface area contributed by atoms with Crippen LogP contribution in [-0.4, -0.2) is 25.4 Å². The van der Waals surface area contributed by atoms with E-state index in [0.29, 0.717) is 29.1 Å². The summed E-state index contributed by atoms with van der Waals surface area (Å²) in [6.07, 6.45) is 0. The second kappa shape index (κ2) is 5.64. The van der Waals surface area contributed by atoms with Crippen molar-refractivity contribution in [3.05, 3.63) is 62.6 Å². The van der Waals surface area contributed by atoms with Gasteiger partial charge in [-0.3, -0.25) is 9.36 Å². The van der Waals surface area contributed by atoms with E-state index in [2.05, 4.69) is 5.10 Å². The van der Waals surface area contributed by atoms with Crippen molar-refractivity contribution < 1.29 is 4.74 Å². The molecule has 0 aliphatic carbocycles. The Labute approximate surface area is 140 Å². The fourth-order valence-corrected chi connectivity index (χ4v) is 3.47. The van der Waals surface area contributed by atoms with Crippen LogP contribution in [0.15, 0.2) is 51.4 Å². The van der Waals surface area contributed by atoms with Gasteiger partial charge < -0.3 is 4.74 Å². The molecule has 0 spiro atoms. The van der Waals surface area contributed by atoms with Crippen LogP contribution in [0.1, 0.15) is 0 Å². The predicted octanol–water partition coefficient (Wildman–Crippen LogP) is 1.49. The number of aryl methyl sites for hydroxylation is 1. The summed E-state index contributed by atoms with van der Waals surface area (Å²) in [6.45, 7) is 0.615. The molecule has 0 amide bonds. The normalized spacial score (nSPS) is 11.4. The first-order chi connectivity index (χ1) is 11.7. The Hall–Kier alpha value is -2.87. The third-order valence-corrected chi connectivity index (χ3v) is 4.71. The number of benzene rings is 1. The van der Waals surface area contributed by atoms with Crippen molar-refractivity contribution in [1.82, 2.24) is 18.7 Å². The molecule has 0 radical (unpaired) electrons. The Bertz CT molecular complexity index is 1140. The van der Waals surface area contributed by atoms with Gasteiger partial charge in [-0.05, 0) is 23.6 Å². The summed E-state index contributed by atoms with van der Waals surface area (Å²) in [5, 5.41) is 6.09. The third-order valence-electron chi connectivity index (χ3n) is 3.82. The first-order valence-electron chi connectivity index (χ1n) is 7.40. The second-order valence-electron chi connectivity index (χ2n) is 5.30. The van der Waals surface area contributed by atoms with Gasteiger partial charge in [0.25, 0.3) is 5.56 Å². The summed E-state index contributed by atoms with van der Waals surface area (Å²) in [6, 6.07) is 11.1. The lowest BCUT2D eigenvalue weighted by molar-refractivity contribution is 0.289. The molecule has 4 aromatic rings. The number of ether oxygens (including phenoxy) is 1. The molecular weight excluding hydrogens is 328 g/mol. The van der Waals surface area contributed by atoms with Crippen molar-refractivity contribution in [1.29, 1.82) is 0 Å². The van der Waals surface area contributed by atoms with Gasteiger partial charge in [0.05, 0.1) is 12.1 Å². The van der Waals surface area contributed by atoms with Gasteiger partial charge in [-0.1, -0.05) is 18.2 Å². The maximum Gasteiger partial charge on any atom is 0.352 e. The second-order valence-corrected chi connectivity index (χ2v) is 6.22. The minimum Gasteiger partial charge on any atom is -0.492 e. The highest BCUT2D eigenvalue weighted by Crippen LogP contribution is 2.16. The number of fused-ring (bicyclic) bond motifs is 3. The van der Waals surface area contributed by atoms with Gasteiger partial charge in [0.2, 0.25) is 5.78 Å². The minimum atomic E-state index is -0.277. The molecule has 7 nitrogen and oxygen atoms in total. The zero-order chi connectivity index (χ0) is 16.7. The van der Waals surface area contributed by atoms with Crippen LogP contribution < -0.4 is 16.0 Å². The molecule has 0 unspecified atom stereocenters. The van der Waals surface area contributed by atoms with Crippen LogP contribution in [0.25, 0.3) is 16.0 Å². The Morgan fingerprint density at radius 3 is 2.75 bits per heavy atom. The van der Waals surface area contributed by atoms with E-state index in [9.17, 15) is 9.59 Å². The number of thiophene rings is 1. The smallest absolute Gasteiger partial charge is 0.352 e. The van der Waals surface area contributed by atoms with E-state index in [1.165, 1.54) is 25.0 Å². The van der Waals surface area contributed by atoms with Crippen molar-refractivity contribution in [3.8, 4) is 5.75 Å². The molecular formula is C16H14N4O3S. The van der Waals surface area contributed by atoms with Crippen LogP contribution in [-0.2, 0) is 13.6 Å². The Kier molecular flexibility index (Phi) is 3.46.